The molecular weight excluding hydrogens is 431 g/mol. The van der Waals surface area contributed by atoms with Gasteiger partial charge in [0, 0.05) is 19.4 Å². The number of hydrogen-bond donors (Lipinski definition) is 1. The van der Waals surface area contributed by atoms with Crippen LogP contribution in [0.5, 0.6) is 5.75 Å². The summed E-state index contributed by atoms with van der Waals surface area (Å²) in [6.07, 6.45) is 6.46. The summed E-state index contributed by atoms with van der Waals surface area (Å²) >= 11 is 0. The third-order valence-electron chi connectivity index (χ3n) is 5.02. The summed E-state index contributed by atoms with van der Waals surface area (Å²) in [7, 11) is 3.34. The van der Waals surface area contributed by atoms with E-state index in [1.54, 1.807) is 39.8 Å². The maximum atomic E-state index is 13.8. The summed E-state index contributed by atoms with van der Waals surface area (Å²) in [4.78, 5) is 17.6. The first-order valence-corrected chi connectivity index (χ1v) is 13.4. The second-order valence-electron chi connectivity index (χ2n) is 8.17. The monoisotopic (exact) mass is 468 g/mol. The minimum absolute atomic E-state index is 0.0326. The Hall–Kier alpha value is -1.47. The normalized spacial score (nSPS) is 19.1. The Labute approximate surface area is 195 Å². The number of carbonyl (C=O) groups excluding carboxylic acids is 1. The molecule has 1 aromatic carbocycles. The number of rotatable bonds is 11. The highest BCUT2D eigenvalue weighted by Crippen LogP contribution is 2.32. The largest absolute Gasteiger partial charge is 0.459 e. The van der Waals surface area contributed by atoms with Crippen molar-refractivity contribution in [1.29, 1.82) is 0 Å². The van der Waals surface area contributed by atoms with Gasteiger partial charge in [0.1, 0.15) is 17.1 Å². The zero-order valence-electron chi connectivity index (χ0n) is 19.7. The van der Waals surface area contributed by atoms with E-state index in [1.807, 2.05) is 17.7 Å². The smallest absolute Gasteiger partial charge is 0.253 e. The molecule has 0 aliphatic carbocycles. The Morgan fingerprint density at radius 2 is 2.06 bits per heavy atom. The van der Waals surface area contributed by atoms with E-state index in [0.29, 0.717) is 17.5 Å². The standard InChI is InChI=1S/C21H31FN2O2.C3H6S2/c1-6-12-21(13-11-15(3)7-2)19(25)23-18(24-21)16-9-8-10-17(14-16)26-20(4,5)22;1-3-5-4-2/h8-10,14-15H,6-7,11-13H2,1-5H3,(H,23,24,25);3H,1H2,2H3. The van der Waals surface area contributed by atoms with E-state index in [1.165, 1.54) is 13.8 Å². The quantitative estimate of drug-likeness (QED) is 0.350. The van der Waals surface area contributed by atoms with Crippen molar-refractivity contribution in [3.05, 3.63) is 41.8 Å². The number of amidine groups is 1. The molecule has 1 aliphatic rings. The number of nitrogens with one attached hydrogen (secondary N) is 1. The third kappa shape index (κ3) is 9.27. The fourth-order valence-electron chi connectivity index (χ4n) is 3.28. The van der Waals surface area contributed by atoms with Gasteiger partial charge in [-0.1, -0.05) is 73.9 Å². The highest BCUT2D eigenvalue weighted by atomic mass is 33.1. The predicted molar refractivity (Wildman–Crippen MR) is 135 cm³/mol. The minimum atomic E-state index is -1.76. The molecule has 7 heteroatoms. The molecule has 0 radical (unpaired) electrons. The van der Waals surface area contributed by atoms with Crippen LogP contribution in [0.15, 0.2) is 41.2 Å². The molecule has 0 spiro atoms. The molecule has 174 valence electrons. The number of hydrogen-bond acceptors (Lipinski definition) is 5. The number of benzene rings is 1. The number of alkyl halides is 1. The molecule has 1 aliphatic heterocycles. The maximum absolute atomic E-state index is 13.8. The van der Waals surface area contributed by atoms with E-state index >= 15 is 0 Å². The summed E-state index contributed by atoms with van der Waals surface area (Å²) in [6, 6.07) is 7.06. The van der Waals surface area contributed by atoms with Gasteiger partial charge in [0.05, 0.1) is 0 Å². The molecule has 1 heterocycles. The molecule has 2 atom stereocenters. The molecule has 4 nitrogen and oxygen atoms in total. The van der Waals surface area contributed by atoms with Gasteiger partial charge < -0.3 is 10.1 Å². The van der Waals surface area contributed by atoms with Crippen molar-refractivity contribution in [3.63, 3.8) is 0 Å². The molecule has 1 aromatic rings. The molecule has 0 aromatic heterocycles. The fourth-order valence-corrected chi connectivity index (χ4v) is 3.82. The first-order chi connectivity index (χ1) is 14.6. The number of carbonyl (C=O) groups is 1. The van der Waals surface area contributed by atoms with Crippen LogP contribution in [0, 0.1) is 5.92 Å². The topological polar surface area (TPSA) is 50.7 Å². The van der Waals surface area contributed by atoms with Crippen LogP contribution in [0.4, 0.5) is 4.39 Å². The van der Waals surface area contributed by atoms with Crippen LogP contribution in [-0.2, 0) is 4.79 Å². The summed E-state index contributed by atoms with van der Waals surface area (Å²) in [5.74, 6) is -0.259. The maximum Gasteiger partial charge on any atom is 0.253 e. The van der Waals surface area contributed by atoms with Crippen molar-refractivity contribution >= 4 is 33.3 Å². The molecule has 1 amide bonds. The second kappa shape index (κ2) is 13.2. The number of ether oxygens (including phenoxy) is 1. The zero-order valence-corrected chi connectivity index (χ0v) is 21.3. The van der Waals surface area contributed by atoms with Crippen molar-refractivity contribution in [2.45, 2.75) is 78.1 Å². The van der Waals surface area contributed by atoms with Crippen molar-refractivity contribution in [3.8, 4) is 5.75 Å². The molecule has 2 rings (SSSR count). The van der Waals surface area contributed by atoms with Gasteiger partial charge >= 0.3 is 0 Å². The zero-order chi connectivity index (χ0) is 23.5. The van der Waals surface area contributed by atoms with E-state index < -0.39 is 11.4 Å². The van der Waals surface area contributed by atoms with Gasteiger partial charge in [-0.05, 0) is 49.0 Å². The third-order valence-corrected chi connectivity index (χ3v) is 6.34. The molecule has 0 saturated heterocycles. The van der Waals surface area contributed by atoms with E-state index in [0.717, 1.165) is 37.7 Å². The lowest BCUT2D eigenvalue weighted by atomic mass is 9.85. The van der Waals surface area contributed by atoms with Gasteiger partial charge in [0.25, 0.3) is 5.91 Å². The van der Waals surface area contributed by atoms with Crippen LogP contribution in [-0.4, -0.2) is 29.4 Å². The Morgan fingerprint density at radius 1 is 1.35 bits per heavy atom. The van der Waals surface area contributed by atoms with Gasteiger partial charge in [0.15, 0.2) is 0 Å². The highest BCUT2D eigenvalue weighted by molar-refractivity contribution is 8.77. The minimum Gasteiger partial charge on any atom is -0.459 e. The van der Waals surface area contributed by atoms with Gasteiger partial charge in [-0.25, -0.2) is 0 Å². The van der Waals surface area contributed by atoms with Crippen LogP contribution in [0.2, 0.25) is 0 Å². The molecule has 1 N–H and O–H groups in total. The molecular formula is C24H37FN2O2S2. The van der Waals surface area contributed by atoms with Crippen LogP contribution < -0.4 is 10.1 Å². The van der Waals surface area contributed by atoms with Gasteiger partial charge in [-0.15, -0.1) is 0 Å². The Morgan fingerprint density at radius 3 is 2.58 bits per heavy atom. The Bertz CT molecular complexity index is 749. The molecule has 0 saturated carbocycles. The molecule has 31 heavy (non-hydrogen) atoms. The van der Waals surface area contributed by atoms with E-state index in [2.05, 4.69) is 32.7 Å². The van der Waals surface area contributed by atoms with Gasteiger partial charge in [0.2, 0.25) is 5.85 Å². The predicted octanol–water partition coefficient (Wildman–Crippen LogP) is 7.15. The highest BCUT2D eigenvalue weighted by Gasteiger charge is 2.42. The first-order valence-electron chi connectivity index (χ1n) is 10.8. The van der Waals surface area contributed by atoms with Crippen LogP contribution in [0.25, 0.3) is 0 Å². The second-order valence-corrected chi connectivity index (χ2v) is 10.6. The molecule has 2 unspecified atom stereocenters. The van der Waals surface area contributed by atoms with E-state index in [9.17, 15) is 9.18 Å². The van der Waals surface area contributed by atoms with Gasteiger partial charge in [-0.3, -0.25) is 9.79 Å². The van der Waals surface area contributed by atoms with Crippen molar-refractivity contribution < 1.29 is 13.9 Å². The van der Waals surface area contributed by atoms with Crippen LogP contribution in [0.1, 0.15) is 72.3 Å². The summed E-state index contributed by atoms with van der Waals surface area (Å²) in [5, 5.41) is 4.75. The Kier molecular flexibility index (Phi) is 11.7. The lowest BCUT2D eigenvalue weighted by molar-refractivity contribution is -0.124. The number of halogens is 1. The van der Waals surface area contributed by atoms with Crippen molar-refractivity contribution in [2.75, 3.05) is 6.26 Å². The SMILES string of the molecule is C=CSSC.CCCC1(CCC(C)CC)N=C(c2cccc(OC(C)(C)F)c2)NC1=O. The Balaban J connectivity index is 0.000000861. The number of aliphatic imine (C=N–C) groups is 1. The van der Waals surface area contributed by atoms with Crippen LogP contribution >= 0.6 is 21.6 Å². The number of nitrogens with zero attached hydrogens (tertiary/aromatic N) is 1. The fraction of sp³-hybridized carbons (Fsp3) is 0.583. The summed E-state index contributed by atoms with van der Waals surface area (Å²) in [6.45, 7) is 12.6. The lowest BCUT2D eigenvalue weighted by Gasteiger charge is -2.24. The summed E-state index contributed by atoms with van der Waals surface area (Å²) in [5.41, 5.74) is 0.0469. The van der Waals surface area contributed by atoms with E-state index in [4.69, 9.17) is 9.73 Å². The van der Waals surface area contributed by atoms with Crippen molar-refractivity contribution in [2.24, 2.45) is 10.9 Å². The summed E-state index contributed by atoms with van der Waals surface area (Å²) < 4.78 is 19.0. The average Bonchev–Trinajstić information content (AvgIpc) is 3.03. The lowest BCUT2D eigenvalue weighted by Crippen LogP contribution is -2.40. The first kappa shape index (κ1) is 27.6. The van der Waals surface area contributed by atoms with Crippen LogP contribution in [0.3, 0.4) is 0 Å². The molecule has 0 fully saturated rings. The van der Waals surface area contributed by atoms with Crippen molar-refractivity contribution in [1.82, 2.24) is 5.32 Å². The molecule has 0 bridgehead atoms. The average molecular weight is 469 g/mol. The van der Waals surface area contributed by atoms with E-state index in [-0.39, 0.29) is 5.91 Å². The number of amides is 1. The van der Waals surface area contributed by atoms with Gasteiger partial charge in [-0.2, -0.15) is 4.39 Å².